The van der Waals surface area contributed by atoms with E-state index >= 15 is 0 Å². The first-order valence-electron chi connectivity index (χ1n) is 8.85. The summed E-state index contributed by atoms with van der Waals surface area (Å²) in [5.74, 6) is 0.178. The summed E-state index contributed by atoms with van der Waals surface area (Å²) in [6.07, 6.45) is 1.46. The number of hydrogen-bond acceptors (Lipinski definition) is 3. The molecule has 0 radical (unpaired) electrons. The standard InChI is InChI=1S/C19H27N3O3/c1-13(2)11-12-20-17(23)10-9-16-18(24)22(19(25)21-16)14(3)15-7-5-4-6-8-15/h4-8,13-14,16H,9-12H2,1-3H3,(H,20,23)(H,21,25). The molecule has 4 amide bonds. The highest BCUT2D eigenvalue weighted by molar-refractivity contribution is 6.04. The Balaban J connectivity index is 1.87. The van der Waals surface area contributed by atoms with Gasteiger partial charge >= 0.3 is 6.03 Å². The molecule has 6 heteroatoms. The number of hydrogen-bond donors (Lipinski definition) is 2. The van der Waals surface area contributed by atoms with Crippen molar-refractivity contribution in [2.75, 3.05) is 6.54 Å². The van der Waals surface area contributed by atoms with E-state index in [2.05, 4.69) is 24.5 Å². The summed E-state index contributed by atoms with van der Waals surface area (Å²) in [6, 6.07) is 8.07. The fourth-order valence-electron chi connectivity index (χ4n) is 2.86. The highest BCUT2D eigenvalue weighted by Gasteiger charge is 2.40. The quantitative estimate of drug-likeness (QED) is 0.711. The Labute approximate surface area is 149 Å². The molecule has 1 aromatic rings. The van der Waals surface area contributed by atoms with Crippen LogP contribution in [-0.4, -0.2) is 35.3 Å². The van der Waals surface area contributed by atoms with Gasteiger partial charge in [-0.2, -0.15) is 0 Å². The van der Waals surface area contributed by atoms with Gasteiger partial charge in [-0.3, -0.25) is 14.5 Å². The Morgan fingerprint density at radius 1 is 1.20 bits per heavy atom. The summed E-state index contributed by atoms with van der Waals surface area (Å²) in [4.78, 5) is 37.9. The van der Waals surface area contributed by atoms with Gasteiger partial charge in [0.2, 0.25) is 5.91 Å². The van der Waals surface area contributed by atoms with Crippen molar-refractivity contribution in [2.45, 2.75) is 52.1 Å². The van der Waals surface area contributed by atoms with Gasteiger partial charge in [0.1, 0.15) is 6.04 Å². The zero-order valence-electron chi connectivity index (χ0n) is 15.1. The van der Waals surface area contributed by atoms with Crippen LogP contribution in [0.2, 0.25) is 0 Å². The largest absolute Gasteiger partial charge is 0.356 e. The van der Waals surface area contributed by atoms with E-state index in [1.54, 1.807) is 0 Å². The van der Waals surface area contributed by atoms with Crippen LogP contribution < -0.4 is 10.6 Å². The highest BCUT2D eigenvalue weighted by atomic mass is 16.2. The van der Waals surface area contributed by atoms with Crippen LogP contribution in [0.15, 0.2) is 30.3 Å². The van der Waals surface area contributed by atoms with E-state index < -0.39 is 12.1 Å². The molecule has 1 saturated heterocycles. The van der Waals surface area contributed by atoms with Gasteiger partial charge in [0.25, 0.3) is 5.91 Å². The predicted octanol–water partition coefficient (Wildman–Crippen LogP) is 2.61. The third-order valence-corrected chi connectivity index (χ3v) is 4.43. The average molecular weight is 345 g/mol. The third-order valence-electron chi connectivity index (χ3n) is 4.43. The molecule has 1 fully saturated rings. The molecule has 2 unspecified atom stereocenters. The molecule has 1 aliphatic heterocycles. The van der Waals surface area contributed by atoms with Gasteiger partial charge in [-0.05, 0) is 31.2 Å². The first-order valence-corrected chi connectivity index (χ1v) is 8.85. The first kappa shape index (κ1) is 19.0. The summed E-state index contributed by atoms with van der Waals surface area (Å²) in [7, 11) is 0. The van der Waals surface area contributed by atoms with Crippen molar-refractivity contribution >= 4 is 17.8 Å². The van der Waals surface area contributed by atoms with Gasteiger partial charge in [-0.15, -0.1) is 0 Å². The zero-order valence-corrected chi connectivity index (χ0v) is 15.1. The zero-order chi connectivity index (χ0) is 18.4. The number of nitrogens with one attached hydrogen (secondary N) is 2. The number of imide groups is 1. The van der Waals surface area contributed by atoms with Gasteiger partial charge in [0.15, 0.2) is 0 Å². The average Bonchev–Trinajstić information content (AvgIpc) is 2.86. The van der Waals surface area contributed by atoms with E-state index in [-0.39, 0.29) is 24.3 Å². The molecule has 2 atom stereocenters. The molecule has 0 saturated carbocycles. The van der Waals surface area contributed by atoms with Crippen molar-refractivity contribution in [3.05, 3.63) is 35.9 Å². The minimum atomic E-state index is -0.630. The summed E-state index contributed by atoms with van der Waals surface area (Å²) in [5, 5.41) is 5.54. The van der Waals surface area contributed by atoms with Crippen LogP contribution in [0.25, 0.3) is 0 Å². The third kappa shape index (κ3) is 5.05. The molecule has 0 spiro atoms. The van der Waals surface area contributed by atoms with Gasteiger partial charge < -0.3 is 10.6 Å². The van der Waals surface area contributed by atoms with Crippen LogP contribution in [0.1, 0.15) is 51.6 Å². The van der Waals surface area contributed by atoms with Crippen LogP contribution in [0.3, 0.4) is 0 Å². The lowest BCUT2D eigenvalue weighted by atomic mass is 10.1. The first-order chi connectivity index (χ1) is 11.9. The molecule has 6 nitrogen and oxygen atoms in total. The molecule has 1 heterocycles. The summed E-state index contributed by atoms with van der Waals surface area (Å²) in [5.41, 5.74) is 0.901. The van der Waals surface area contributed by atoms with Crippen LogP contribution in [0, 0.1) is 5.92 Å². The van der Waals surface area contributed by atoms with Crippen LogP contribution in [0.4, 0.5) is 4.79 Å². The van der Waals surface area contributed by atoms with Gasteiger partial charge in [0, 0.05) is 13.0 Å². The van der Waals surface area contributed by atoms with Crippen molar-refractivity contribution in [3.8, 4) is 0 Å². The van der Waals surface area contributed by atoms with E-state index in [0.29, 0.717) is 18.9 Å². The smallest absolute Gasteiger partial charge is 0.325 e. The van der Waals surface area contributed by atoms with E-state index in [1.165, 1.54) is 4.90 Å². The summed E-state index contributed by atoms with van der Waals surface area (Å²) < 4.78 is 0. The minimum Gasteiger partial charge on any atom is -0.356 e. The van der Waals surface area contributed by atoms with Crippen molar-refractivity contribution in [1.29, 1.82) is 0 Å². The van der Waals surface area contributed by atoms with Crippen LogP contribution >= 0.6 is 0 Å². The van der Waals surface area contributed by atoms with Crippen molar-refractivity contribution in [1.82, 2.24) is 15.5 Å². The fraction of sp³-hybridized carbons (Fsp3) is 0.526. The summed E-state index contributed by atoms with van der Waals surface area (Å²) in [6.45, 7) is 6.66. The minimum absolute atomic E-state index is 0.0859. The molecule has 0 aromatic heterocycles. The van der Waals surface area contributed by atoms with E-state index in [0.717, 1.165) is 12.0 Å². The number of amides is 4. The Morgan fingerprint density at radius 2 is 1.88 bits per heavy atom. The topological polar surface area (TPSA) is 78.5 Å². The van der Waals surface area contributed by atoms with Gasteiger partial charge in [-0.25, -0.2) is 4.79 Å². The van der Waals surface area contributed by atoms with Gasteiger partial charge in [-0.1, -0.05) is 44.2 Å². The maximum absolute atomic E-state index is 12.6. The van der Waals surface area contributed by atoms with Crippen molar-refractivity contribution in [2.24, 2.45) is 5.92 Å². The number of nitrogens with zero attached hydrogens (tertiary/aromatic N) is 1. The molecule has 2 N–H and O–H groups in total. The van der Waals surface area contributed by atoms with Gasteiger partial charge in [0.05, 0.1) is 6.04 Å². The highest BCUT2D eigenvalue weighted by Crippen LogP contribution is 2.25. The Bertz CT molecular complexity index is 616. The SMILES string of the molecule is CC(C)CCNC(=O)CCC1NC(=O)N(C(C)c2ccccc2)C1=O. The second kappa shape index (κ2) is 8.65. The number of benzene rings is 1. The Hall–Kier alpha value is -2.37. The second-order valence-electron chi connectivity index (χ2n) is 6.87. The van der Waals surface area contributed by atoms with E-state index in [1.807, 2.05) is 37.3 Å². The second-order valence-corrected chi connectivity index (χ2v) is 6.87. The molecule has 2 rings (SSSR count). The molecule has 1 aromatic carbocycles. The number of urea groups is 1. The number of carbonyl (C=O) groups is 3. The van der Waals surface area contributed by atoms with Crippen LogP contribution in [-0.2, 0) is 9.59 Å². The molecule has 25 heavy (non-hydrogen) atoms. The number of rotatable bonds is 8. The fourth-order valence-corrected chi connectivity index (χ4v) is 2.86. The molecular weight excluding hydrogens is 318 g/mol. The molecule has 136 valence electrons. The molecule has 0 bridgehead atoms. The lowest BCUT2D eigenvalue weighted by Crippen LogP contribution is -2.34. The molecular formula is C19H27N3O3. The lowest BCUT2D eigenvalue weighted by molar-refractivity contribution is -0.129. The molecule has 1 aliphatic rings. The lowest BCUT2D eigenvalue weighted by Gasteiger charge is -2.21. The van der Waals surface area contributed by atoms with E-state index in [9.17, 15) is 14.4 Å². The van der Waals surface area contributed by atoms with Crippen molar-refractivity contribution in [3.63, 3.8) is 0 Å². The Kier molecular flexibility index (Phi) is 6.56. The summed E-state index contributed by atoms with van der Waals surface area (Å²) >= 11 is 0. The normalized spacial score (nSPS) is 18.4. The predicted molar refractivity (Wildman–Crippen MR) is 95.7 cm³/mol. The van der Waals surface area contributed by atoms with E-state index in [4.69, 9.17) is 0 Å². The Morgan fingerprint density at radius 3 is 2.52 bits per heavy atom. The monoisotopic (exact) mass is 345 g/mol. The number of carbonyl (C=O) groups excluding carboxylic acids is 3. The van der Waals surface area contributed by atoms with Crippen LogP contribution in [0.5, 0.6) is 0 Å². The maximum Gasteiger partial charge on any atom is 0.325 e. The molecule has 0 aliphatic carbocycles. The maximum atomic E-state index is 12.6. The van der Waals surface area contributed by atoms with Crippen molar-refractivity contribution < 1.29 is 14.4 Å².